The van der Waals surface area contributed by atoms with Gasteiger partial charge in [-0.05, 0) is 32.6 Å². The Bertz CT molecular complexity index is 388. The molecule has 1 saturated carbocycles. The van der Waals surface area contributed by atoms with Crippen LogP contribution in [0.5, 0.6) is 0 Å². The zero-order valence-corrected chi connectivity index (χ0v) is 12.8. The van der Waals surface area contributed by atoms with Crippen LogP contribution in [0.15, 0.2) is 6.20 Å². The van der Waals surface area contributed by atoms with E-state index in [1.165, 1.54) is 30.5 Å². The Kier molecular flexibility index (Phi) is 4.73. The molecule has 0 bridgehead atoms. The monoisotopic (exact) mass is 267 g/mol. The highest BCUT2D eigenvalue weighted by molar-refractivity contribution is 7.99. The molecule has 0 spiro atoms. The van der Waals surface area contributed by atoms with Gasteiger partial charge in [-0.15, -0.1) is 0 Å². The molecule has 0 amide bonds. The summed E-state index contributed by atoms with van der Waals surface area (Å²) in [6, 6.07) is 0.741. The van der Waals surface area contributed by atoms with Crippen molar-refractivity contribution in [1.29, 1.82) is 0 Å². The number of aromatic nitrogens is 2. The zero-order chi connectivity index (χ0) is 13.1. The average molecular weight is 267 g/mol. The molecular formula is C14H25N3S. The van der Waals surface area contributed by atoms with Crippen LogP contribution in [-0.4, -0.2) is 39.3 Å². The summed E-state index contributed by atoms with van der Waals surface area (Å²) in [5.41, 5.74) is 2.65. The lowest BCUT2D eigenvalue weighted by molar-refractivity contribution is 0.241. The predicted molar refractivity (Wildman–Crippen MR) is 79.0 cm³/mol. The van der Waals surface area contributed by atoms with E-state index in [-0.39, 0.29) is 0 Å². The van der Waals surface area contributed by atoms with Crippen molar-refractivity contribution in [2.24, 2.45) is 7.05 Å². The lowest BCUT2D eigenvalue weighted by Gasteiger charge is -2.28. The van der Waals surface area contributed by atoms with E-state index in [1.807, 2.05) is 23.5 Å². The third kappa shape index (κ3) is 2.91. The van der Waals surface area contributed by atoms with Crippen LogP contribution < -0.4 is 0 Å². The lowest BCUT2D eigenvalue weighted by atomic mass is 10.1. The number of rotatable bonds is 5. The molecule has 1 fully saturated rings. The molecule has 18 heavy (non-hydrogen) atoms. The van der Waals surface area contributed by atoms with E-state index >= 15 is 0 Å². The van der Waals surface area contributed by atoms with Crippen molar-refractivity contribution in [2.75, 3.05) is 13.3 Å². The van der Waals surface area contributed by atoms with E-state index in [4.69, 9.17) is 0 Å². The van der Waals surface area contributed by atoms with Crippen molar-refractivity contribution >= 4 is 11.8 Å². The topological polar surface area (TPSA) is 21.1 Å². The second-order valence-electron chi connectivity index (χ2n) is 5.32. The van der Waals surface area contributed by atoms with Gasteiger partial charge < -0.3 is 0 Å². The molecule has 1 aliphatic rings. The van der Waals surface area contributed by atoms with Crippen LogP contribution in [0, 0.1) is 0 Å². The highest BCUT2D eigenvalue weighted by Gasteiger charge is 2.29. The highest BCUT2D eigenvalue weighted by Crippen LogP contribution is 2.32. The molecule has 0 saturated heterocycles. The fourth-order valence-electron chi connectivity index (χ4n) is 3.08. The largest absolute Gasteiger partial charge is 0.298 e. The van der Waals surface area contributed by atoms with Crippen molar-refractivity contribution in [3.05, 3.63) is 17.5 Å². The molecule has 1 heterocycles. The SMILES string of the molecule is CCc1nn(C)cc1CN(C)[C@H]1CCC[C@@H]1SC. The second kappa shape index (κ2) is 6.11. The van der Waals surface area contributed by atoms with Gasteiger partial charge >= 0.3 is 0 Å². The minimum absolute atomic E-state index is 0.741. The maximum absolute atomic E-state index is 4.53. The summed E-state index contributed by atoms with van der Waals surface area (Å²) in [5.74, 6) is 0. The van der Waals surface area contributed by atoms with Crippen LogP contribution >= 0.6 is 11.8 Å². The van der Waals surface area contributed by atoms with Gasteiger partial charge in [0.05, 0.1) is 5.69 Å². The van der Waals surface area contributed by atoms with E-state index in [0.717, 1.165) is 24.3 Å². The summed E-state index contributed by atoms with van der Waals surface area (Å²) in [4.78, 5) is 2.53. The molecule has 102 valence electrons. The second-order valence-corrected chi connectivity index (χ2v) is 6.39. The molecule has 4 heteroatoms. The number of thioether (sulfide) groups is 1. The van der Waals surface area contributed by atoms with Crippen molar-refractivity contribution in [1.82, 2.24) is 14.7 Å². The van der Waals surface area contributed by atoms with Crippen molar-refractivity contribution in [3.63, 3.8) is 0 Å². The van der Waals surface area contributed by atoms with E-state index < -0.39 is 0 Å². The Balaban J connectivity index is 2.03. The quantitative estimate of drug-likeness (QED) is 0.818. The first-order chi connectivity index (χ1) is 8.65. The van der Waals surface area contributed by atoms with Gasteiger partial charge in [0.15, 0.2) is 0 Å². The molecule has 2 rings (SSSR count). The first-order valence-corrected chi connectivity index (χ1v) is 8.19. The molecule has 0 aromatic carbocycles. The van der Waals surface area contributed by atoms with Gasteiger partial charge in [-0.25, -0.2) is 0 Å². The fraction of sp³-hybridized carbons (Fsp3) is 0.786. The molecule has 1 aliphatic carbocycles. The zero-order valence-electron chi connectivity index (χ0n) is 12.0. The Labute approximate surface area is 115 Å². The summed E-state index contributed by atoms with van der Waals surface area (Å²) in [7, 11) is 4.29. The maximum Gasteiger partial charge on any atom is 0.0666 e. The van der Waals surface area contributed by atoms with Crippen LogP contribution in [0.2, 0.25) is 0 Å². The van der Waals surface area contributed by atoms with Crippen LogP contribution in [-0.2, 0) is 20.0 Å². The third-order valence-electron chi connectivity index (χ3n) is 4.03. The van der Waals surface area contributed by atoms with E-state index in [2.05, 4.69) is 36.4 Å². The number of hydrogen-bond acceptors (Lipinski definition) is 3. The van der Waals surface area contributed by atoms with Crippen LogP contribution in [0.25, 0.3) is 0 Å². The first-order valence-electron chi connectivity index (χ1n) is 6.90. The van der Waals surface area contributed by atoms with Crippen molar-refractivity contribution in [3.8, 4) is 0 Å². The summed E-state index contributed by atoms with van der Waals surface area (Å²) >= 11 is 2.03. The maximum atomic E-state index is 4.53. The molecule has 3 nitrogen and oxygen atoms in total. The van der Waals surface area contributed by atoms with Crippen LogP contribution in [0.1, 0.15) is 37.4 Å². The Morgan fingerprint density at radius 3 is 2.94 bits per heavy atom. The van der Waals surface area contributed by atoms with Crippen LogP contribution in [0.3, 0.4) is 0 Å². The molecule has 0 N–H and O–H groups in total. The van der Waals surface area contributed by atoms with Gasteiger partial charge in [0, 0.05) is 36.6 Å². The predicted octanol–water partition coefficient (Wildman–Crippen LogP) is 2.70. The molecule has 0 radical (unpaired) electrons. The van der Waals surface area contributed by atoms with Gasteiger partial charge in [0.25, 0.3) is 0 Å². The molecule has 1 aromatic rings. The van der Waals surface area contributed by atoms with Gasteiger partial charge in [-0.1, -0.05) is 13.3 Å². The van der Waals surface area contributed by atoms with Gasteiger partial charge in [0.1, 0.15) is 0 Å². The first kappa shape index (κ1) is 13.9. The number of nitrogens with zero attached hydrogens (tertiary/aromatic N) is 3. The summed E-state index contributed by atoms with van der Waals surface area (Å²) < 4.78 is 1.95. The summed E-state index contributed by atoms with van der Waals surface area (Å²) in [6.45, 7) is 3.23. The normalized spacial score (nSPS) is 24.1. The lowest BCUT2D eigenvalue weighted by Crippen LogP contribution is -2.35. The Morgan fingerprint density at radius 2 is 2.28 bits per heavy atom. The fourth-order valence-corrected chi connectivity index (χ4v) is 4.15. The Morgan fingerprint density at radius 1 is 1.50 bits per heavy atom. The smallest absolute Gasteiger partial charge is 0.0666 e. The summed E-state index contributed by atoms with van der Waals surface area (Å²) in [6.07, 6.45) is 9.57. The summed E-state index contributed by atoms with van der Waals surface area (Å²) in [5, 5.41) is 5.35. The van der Waals surface area contributed by atoms with Crippen molar-refractivity contribution < 1.29 is 0 Å². The molecule has 0 unspecified atom stereocenters. The number of hydrogen-bond donors (Lipinski definition) is 0. The Hall–Kier alpha value is -0.480. The third-order valence-corrected chi connectivity index (χ3v) is 5.19. The van der Waals surface area contributed by atoms with Gasteiger partial charge in [-0.2, -0.15) is 16.9 Å². The van der Waals surface area contributed by atoms with Crippen LogP contribution in [0.4, 0.5) is 0 Å². The highest BCUT2D eigenvalue weighted by atomic mass is 32.2. The minimum Gasteiger partial charge on any atom is -0.298 e. The molecular weight excluding hydrogens is 242 g/mol. The average Bonchev–Trinajstić information content (AvgIpc) is 2.95. The molecule has 2 atom stereocenters. The van der Waals surface area contributed by atoms with E-state index in [9.17, 15) is 0 Å². The minimum atomic E-state index is 0.741. The van der Waals surface area contributed by atoms with Gasteiger partial charge in [0.2, 0.25) is 0 Å². The van der Waals surface area contributed by atoms with E-state index in [1.54, 1.807) is 0 Å². The number of aryl methyl sites for hydroxylation is 2. The van der Waals surface area contributed by atoms with Gasteiger partial charge in [-0.3, -0.25) is 9.58 Å². The standard InChI is InChI=1S/C14H25N3S/c1-5-12-11(10-17(3)15-12)9-16(2)13-7-6-8-14(13)18-4/h10,13-14H,5-9H2,1-4H3/t13-,14-/m0/s1. The van der Waals surface area contributed by atoms with E-state index in [0.29, 0.717) is 0 Å². The van der Waals surface area contributed by atoms with Crippen molar-refractivity contribution in [2.45, 2.75) is 50.4 Å². The molecule has 0 aliphatic heterocycles. The molecule has 1 aromatic heterocycles.